The van der Waals surface area contributed by atoms with Gasteiger partial charge in [-0.2, -0.15) is 0 Å². The second-order valence-corrected chi connectivity index (χ2v) is 4.39. The Morgan fingerprint density at radius 2 is 2.06 bits per heavy atom. The highest BCUT2D eigenvalue weighted by atomic mass is 16.5. The largest absolute Gasteiger partial charge is 0.462 e. The van der Waals surface area contributed by atoms with Gasteiger partial charge in [0.05, 0.1) is 12.7 Å². The molecule has 1 saturated heterocycles. The Kier molecular flexibility index (Phi) is 4.93. The molecule has 1 fully saturated rings. The average molecular weight is 243 g/mol. The average Bonchev–Trinajstić information content (AvgIpc) is 2.37. The van der Waals surface area contributed by atoms with Crippen molar-refractivity contribution in [3.8, 4) is 0 Å². The number of nitrogens with one attached hydrogen (secondary N) is 1. The van der Waals surface area contributed by atoms with Gasteiger partial charge in [-0.1, -0.05) is 13.8 Å². The maximum atomic E-state index is 11.4. The number of amides is 1. The molecule has 0 aromatic heterocycles. The monoisotopic (exact) mass is 243 g/mol. The van der Waals surface area contributed by atoms with Crippen molar-refractivity contribution in [2.45, 2.75) is 51.2 Å². The fourth-order valence-electron chi connectivity index (χ4n) is 2.23. The Balaban J connectivity index is 2.55. The van der Waals surface area contributed by atoms with Crippen LogP contribution < -0.4 is 5.32 Å². The van der Waals surface area contributed by atoms with E-state index in [-0.39, 0.29) is 11.6 Å². The summed E-state index contributed by atoms with van der Waals surface area (Å²) in [5, 5.41) is 2.70. The molecule has 1 amide bonds. The third-order valence-electron chi connectivity index (χ3n) is 3.49. The highest BCUT2D eigenvalue weighted by Gasteiger charge is 2.35. The van der Waals surface area contributed by atoms with Gasteiger partial charge in [0, 0.05) is 12.6 Å². The van der Waals surface area contributed by atoms with Gasteiger partial charge in [-0.05, 0) is 25.7 Å². The van der Waals surface area contributed by atoms with Crippen molar-refractivity contribution in [2.24, 2.45) is 0 Å². The molecule has 1 rings (SSSR count). The maximum Gasteiger partial charge on any atom is 0.396 e. The van der Waals surface area contributed by atoms with Crippen molar-refractivity contribution in [3.05, 3.63) is 0 Å². The standard InChI is InChI=1S/C12H21NO4/c1-4-12(5-2)8-9(6-7-17-12)13-10(14)11(15)16-3/h9H,4-8H2,1-3H3,(H,13,14). The van der Waals surface area contributed by atoms with Gasteiger partial charge in [0.2, 0.25) is 0 Å². The molecular formula is C12H21NO4. The minimum atomic E-state index is -0.838. The molecule has 5 nitrogen and oxygen atoms in total. The van der Waals surface area contributed by atoms with Crippen LogP contribution in [0.25, 0.3) is 0 Å². The third kappa shape index (κ3) is 3.43. The van der Waals surface area contributed by atoms with Crippen LogP contribution >= 0.6 is 0 Å². The molecule has 1 unspecified atom stereocenters. The van der Waals surface area contributed by atoms with Crippen LogP contribution in [0.3, 0.4) is 0 Å². The first-order valence-electron chi connectivity index (χ1n) is 6.09. The van der Waals surface area contributed by atoms with Crippen LogP contribution in [0.4, 0.5) is 0 Å². The zero-order chi connectivity index (χ0) is 12.9. The lowest BCUT2D eigenvalue weighted by Crippen LogP contribution is -2.49. The van der Waals surface area contributed by atoms with Gasteiger partial charge in [-0.25, -0.2) is 4.79 Å². The first-order valence-corrected chi connectivity index (χ1v) is 6.09. The molecule has 1 N–H and O–H groups in total. The van der Waals surface area contributed by atoms with E-state index in [0.29, 0.717) is 6.61 Å². The van der Waals surface area contributed by atoms with Crippen molar-refractivity contribution in [2.75, 3.05) is 13.7 Å². The van der Waals surface area contributed by atoms with E-state index in [9.17, 15) is 9.59 Å². The Morgan fingerprint density at radius 1 is 1.41 bits per heavy atom. The molecule has 0 aromatic rings. The summed E-state index contributed by atoms with van der Waals surface area (Å²) in [5.74, 6) is -1.50. The number of carbonyl (C=O) groups is 2. The lowest BCUT2D eigenvalue weighted by Gasteiger charge is -2.40. The van der Waals surface area contributed by atoms with Crippen molar-refractivity contribution in [1.29, 1.82) is 0 Å². The third-order valence-corrected chi connectivity index (χ3v) is 3.49. The van der Waals surface area contributed by atoms with Gasteiger partial charge in [-0.15, -0.1) is 0 Å². The summed E-state index contributed by atoms with van der Waals surface area (Å²) in [5.41, 5.74) is -0.160. The summed E-state index contributed by atoms with van der Waals surface area (Å²) in [7, 11) is 1.20. The first kappa shape index (κ1) is 14.0. The molecule has 0 aromatic carbocycles. The van der Waals surface area contributed by atoms with Crippen molar-refractivity contribution in [3.63, 3.8) is 0 Å². The van der Waals surface area contributed by atoms with E-state index in [1.807, 2.05) is 0 Å². The summed E-state index contributed by atoms with van der Waals surface area (Å²) in [6, 6.07) is -0.00440. The molecule has 1 atom stereocenters. The normalized spacial score (nSPS) is 22.9. The SMILES string of the molecule is CCC1(CC)CC(NC(=O)C(=O)OC)CCO1. The minimum Gasteiger partial charge on any atom is -0.462 e. The molecule has 1 aliphatic rings. The number of hydrogen-bond acceptors (Lipinski definition) is 4. The van der Waals surface area contributed by atoms with E-state index in [1.54, 1.807) is 0 Å². The molecule has 1 aliphatic heterocycles. The Bertz CT molecular complexity index is 286. The number of hydrogen-bond donors (Lipinski definition) is 1. The molecule has 0 aliphatic carbocycles. The molecule has 0 bridgehead atoms. The van der Waals surface area contributed by atoms with E-state index in [2.05, 4.69) is 23.9 Å². The van der Waals surface area contributed by atoms with E-state index in [0.717, 1.165) is 25.7 Å². The zero-order valence-electron chi connectivity index (χ0n) is 10.7. The van der Waals surface area contributed by atoms with Crippen LogP contribution in [-0.4, -0.2) is 37.2 Å². The lowest BCUT2D eigenvalue weighted by molar-refractivity contribution is -0.154. The van der Waals surface area contributed by atoms with Crippen molar-refractivity contribution >= 4 is 11.9 Å². The number of rotatable bonds is 3. The maximum absolute atomic E-state index is 11.4. The molecule has 0 saturated carbocycles. The topological polar surface area (TPSA) is 64.6 Å². The highest BCUT2D eigenvalue weighted by Crippen LogP contribution is 2.31. The number of esters is 1. The van der Waals surface area contributed by atoms with Gasteiger partial charge in [0.15, 0.2) is 0 Å². The highest BCUT2D eigenvalue weighted by molar-refractivity contribution is 6.32. The predicted octanol–water partition coefficient (Wildman–Crippen LogP) is 1.01. The minimum absolute atomic E-state index is 0.00440. The molecule has 0 radical (unpaired) electrons. The smallest absolute Gasteiger partial charge is 0.396 e. The molecule has 5 heteroatoms. The summed E-state index contributed by atoms with van der Waals surface area (Å²) in [4.78, 5) is 22.4. The van der Waals surface area contributed by atoms with E-state index < -0.39 is 11.9 Å². The second kappa shape index (κ2) is 6.00. The van der Waals surface area contributed by atoms with Gasteiger partial charge in [0.1, 0.15) is 0 Å². The molecule has 0 spiro atoms. The molecular weight excluding hydrogens is 222 g/mol. The predicted molar refractivity (Wildman–Crippen MR) is 62.4 cm³/mol. The van der Waals surface area contributed by atoms with Gasteiger partial charge in [-0.3, -0.25) is 4.79 Å². The summed E-state index contributed by atoms with van der Waals surface area (Å²) in [6.45, 7) is 4.77. The van der Waals surface area contributed by atoms with Crippen LogP contribution in [0.5, 0.6) is 0 Å². The van der Waals surface area contributed by atoms with Crippen LogP contribution in [0.1, 0.15) is 39.5 Å². The van der Waals surface area contributed by atoms with E-state index in [4.69, 9.17) is 4.74 Å². The van der Waals surface area contributed by atoms with Crippen LogP contribution in [0.2, 0.25) is 0 Å². The molecule has 17 heavy (non-hydrogen) atoms. The zero-order valence-corrected chi connectivity index (χ0v) is 10.7. The Morgan fingerprint density at radius 3 is 2.59 bits per heavy atom. The van der Waals surface area contributed by atoms with E-state index in [1.165, 1.54) is 7.11 Å². The van der Waals surface area contributed by atoms with Gasteiger partial charge in [0.25, 0.3) is 0 Å². The van der Waals surface area contributed by atoms with Crippen molar-refractivity contribution in [1.82, 2.24) is 5.32 Å². The van der Waals surface area contributed by atoms with Crippen molar-refractivity contribution < 1.29 is 19.1 Å². The second-order valence-electron chi connectivity index (χ2n) is 4.39. The van der Waals surface area contributed by atoms with Gasteiger partial charge < -0.3 is 14.8 Å². The van der Waals surface area contributed by atoms with Crippen LogP contribution in [0, 0.1) is 0 Å². The number of carbonyl (C=O) groups excluding carboxylic acids is 2. The summed E-state index contributed by atoms with van der Waals surface area (Å²) < 4.78 is 10.2. The number of ether oxygens (including phenoxy) is 2. The lowest BCUT2D eigenvalue weighted by atomic mass is 9.86. The summed E-state index contributed by atoms with van der Waals surface area (Å²) >= 11 is 0. The Hall–Kier alpha value is -1.10. The van der Waals surface area contributed by atoms with Crippen LogP contribution in [-0.2, 0) is 19.1 Å². The number of methoxy groups -OCH3 is 1. The van der Waals surface area contributed by atoms with E-state index >= 15 is 0 Å². The quantitative estimate of drug-likeness (QED) is 0.593. The molecule has 1 heterocycles. The summed E-state index contributed by atoms with van der Waals surface area (Å²) in [6.07, 6.45) is 3.31. The first-order chi connectivity index (χ1) is 8.06. The van der Waals surface area contributed by atoms with Gasteiger partial charge >= 0.3 is 11.9 Å². The fraction of sp³-hybridized carbons (Fsp3) is 0.833. The van der Waals surface area contributed by atoms with Crippen LogP contribution in [0.15, 0.2) is 0 Å². The Labute approximate surface area is 102 Å². The fourth-order valence-corrected chi connectivity index (χ4v) is 2.23. The molecule has 98 valence electrons.